The summed E-state index contributed by atoms with van der Waals surface area (Å²) in [5.74, 6) is 1.68. The Morgan fingerprint density at radius 2 is 2.03 bits per heavy atom. The van der Waals surface area contributed by atoms with Crippen molar-refractivity contribution in [2.45, 2.75) is 12.5 Å². The molecule has 2 saturated heterocycles. The lowest BCUT2D eigenvalue weighted by Crippen LogP contribution is -2.42. The standard InChI is InChI=1S/C22H27N7O2.H2S/c1-7-29(8-11-30-9-1)20-3-2-16(13-26-20)18-12-19-21(25-5-4-24-19)22(28-18)27-15-17-14-23-6-10-31-17;/h2-5,12-13,17,23H,1,6-11,14-15H2,(H,27,28);1H2/t17-;/m0./s1. The number of nitrogens with one attached hydrogen (secondary N) is 2. The van der Waals surface area contributed by atoms with E-state index in [0.717, 1.165) is 80.5 Å². The van der Waals surface area contributed by atoms with Crippen LogP contribution in [0.1, 0.15) is 6.42 Å². The van der Waals surface area contributed by atoms with Crippen molar-refractivity contribution in [3.8, 4) is 11.3 Å². The molecule has 9 nitrogen and oxygen atoms in total. The van der Waals surface area contributed by atoms with Gasteiger partial charge in [-0.15, -0.1) is 0 Å². The van der Waals surface area contributed by atoms with Crippen molar-refractivity contribution in [3.63, 3.8) is 0 Å². The average Bonchev–Trinajstić information content (AvgIpc) is 3.13. The number of nitrogens with zero attached hydrogens (tertiary/aromatic N) is 5. The Kier molecular flexibility index (Phi) is 7.69. The maximum Gasteiger partial charge on any atom is 0.154 e. The minimum atomic E-state index is 0. The minimum absolute atomic E-state index is 0. The highest BCUT2D eigenvalue weighted by Crippen LogP contribution is 2.26. The fourth-order valence-electron chi connectivity index (χ4n) is 3.90. The van der Waals surface area contributed by atoms with Crippen LogP contribution in [0.3, 0.4) is 0 Å². The molecule has 0 bridgehead atoms. The molecule has 3 aromatic heterocycles. The van der Waals surface area contributed by atoms with E-state index in [9.17, 15) is 0 Å². The van der Waals surface area contributed by atoms with Gasteiger partial charge in [0.15, 0.2) is 5.82 Å². The second-order valence-corrected chi connectivity index (χ2v) is 7.72. The zero-order valence-corrected chi connectivity index (χ0v) is 19.0. The summed E-state index contributed by atoms with van der Waals surface area (Å²) in [6.45, 7) is 6.47. The lowest BCUT2D eigenvalue weighted by Gasteiger charge is -2.24. The van der Waals surface area contributed by atoms with E-state index >= 15 is 0 Å². The minimum Gasteiger partial charge on any atom is -0.380 e. The third kappa shape index (κ3) is 5.26. The van der Waals surface area contributed by atoms with Crippen LogP contribution in [0.4, 0.5) is 11.6 Å². The van der Waals surface area contributed by atoms with Gasteiger partial charge in [-0.2, -0.15) is 13.5 Å². The third-order valence-electron chi connectivity index (χ3n) is 5.55. The molecule has 3 aromatic rings. The smallest absolute Gasteiger partial charge is 0.154 e. The molecule has 2 N–H and O–H groups in total. The maximum atomic E-state index is 5.79. The molecule has 5 heterocycles. The first kappa shape index (κ1) is 22.7. The molecule has 0 aliphatic carbocycles. The fraction of sp³-hybridized carbons (Fsp3) is 0.455. The Balaban J connectivity index is 0.00000245. The molecule has 2 fully saturated rings. The quantitative estimate of drug-likeness (QED) is 0.597. The number of rotatable bonds is 5. The molecule has 0 aromatic carbocycles. The van der Waals surface area contributed by atoms with Crippen LogP contribution in [0.15, 0.2) is 36.8 Å². The molecular weight excluding hydrogens is 426 g/mol. The molecule has 0 amide bonds. The molecule has 10 heteroatoms. The van der Waals surface area contributed by atoms with Crippen molar-refractivity contribution in [1.29, 1.82) is 0 Å². The van der Waals surface area contributed by atoms with E-state index in [2.05, 4.69) is 37.6 Å². The van der Waals surface area contributed by atoms with Crippen molar-refractivity contribution >= 4 is 36.2 Å². The third-order valence-corrected chi connectivity index (χ3v) is 5.55. The van der Waals surface area contributed by atoms with Crippen molar-refractivity contribution < 1.29 is 9.47 Å². The predicted molar refractivity (Wildman–Crippen MR) is 130 cm³/mol. The Labute approximate surface area is 194 Å². The summed E-state index contributed by atoms with van der Waals surface area (Å²) >= 11 is 0. The number of ether oxygens (including phenoxy) is 2. The summed E-state index contributed by atoms with van der Waals surface area (Å²) in [7, 11) is 0. The van der Waals surface area contributed by atoms with Crippen molar-refractivity contribution in [3.05, 3.63) is 36.8 Å². The molecule has 32 heavy (non-hydrogen) atoms. The van der Waals surface area contributed by atoms with Crippen LogP contribution < -0.4 is 15.5 Å². The second-order valence-electron chi connectivity index (χ2n) is 7.72. The number of fused-ring (bicyclic) bond motifs is 1. The molecule has 0 radical (unpaired) electrons. The monoisotopic (exact) mass is 455 g/mol. The molecular formula is C22H29N7O2S. The number of pyridine rings is 2. The van der Waals surface area contributed by atoms with E-state index in [1.165, 1.54) is 0 Å². The van der Waals surface area contributed by atoms with E-state index < -0.39 is 0 Å². The summed E-state index contributed by atoms with van der Waals surface area (Å²) in [6, 6.07) is 6.08. The first-order valence-electron chi connectivity index (χ1n) is 10.8. The molecule has 0 saturated carbocycles. The van der Waals surface area contributed by atoms with Gasteiger partial charge >= 0.3 is 0 Å². The molecule has 0 spiro atoms. The summed E-state index contributed by atoms with van der Waals surface area (Å²) in [5.41, 5.74) is 3.31. The molecule has 2 aliphatic heterocycles. The highest BCUT2D eigenvalue weighted by atomic mass is 32.1. The van der Waals surface area contributed by atoms with Gasteiger partial charge in [-0.1, -0.05) is 0 Å². The number of hydrogen-bond donors (Lipinski definition) is 2. The molecule has 1 atom stereocenters. The number of morpholine rings is 1. The second kappa shape index (κ2) is 10.9. The molecule has 5 rings (SSSR count). The highest BCUT2D eigenvalue weighted by molar-refractivity contribution is 7.59. The normalized spacial score (nSPS) is 19.2. The zero-order chi connectivity index (χ0) is 20.9. The maximum absolute atomic E-state index is 5.79. The van der Waals surface area contributed by atoms with Crippen LogP contribution in [-0.2, 0) is 9.47 Å². The Morgan fingerprint density at radius 3 is 2.88 bits per heavy atom. The van der Waals surface area contributed by atoms with Crippen LogP contribution in [0.5, 0.6) is 0 Å². The van der Waals surface area contributed by atoms with Crippen LogP contribution in [0.2, 0.25) is 0 Å². The number of anilines is 2. The fourth-order valence-corrected chi connectivity index (χ4v) is 3.90. The lowest BCUT2D eigenvalue weighted by atomic mass is 10.1. The average molecular weight is 456 g/mol. The van der Waals surface area contributed by atoms with Gasteiger partial charge in [0.25, 0.3) is 0 Å². The molecule has 0 unspecified atom stereocenters. The summed E-state index contributed by atoms with van der Waals surface area (Å²) in [5, 5.41) is 6.76. The van der Waals surface area contributed by atoms with Gasteiger partial charge in [0.05, 0.1) is 30.5 Å². The summed E-state index contributed by atoms with van der Waals surface area (Å²) < 4.78 is 11.3. The first-order chi connectivity index (χ1) is 15.4. The number of aromatic nitrogens is 4. The van der Waals surface area contributed by atoms with E-state index in [-0.39, 0.29) is 19.6 Å². The topological polar surface area (TPSA) is 97.3 Å². The zero-order valence-electron chi connectivity index (χ0n) is 18.0. The van der Waals surface area contributed by atoms with Gasteiger partial charge in [-0.3, -0.25) is 4.98 Å². The SMILES string of the molecule is S.c1cnc2c(NC[C@@H]3CNCCO3)nc(-c3ccc(N4CCCOCC4)nc3)cc2n1. The van der Waals surface area contributed by atoms with E-state index in [0.29, 0.717) is 12.4 Å². The van der Waals surface area contributed by atoms with Gasteiger partial charge in [0.1, 0.15) is 11.3 Å². The van der Waals surface area contributed by atoms with Gasteiger partial charge < -0.3 is 25.0 Å². The highest BCUT2D eigenvalue weighted by Gasteiger charge is 2.16. The van der Waals surface area contributed by atoms with E-state index in [4.69, 9.17) is 19.4 Å². The Bertz CT molecular complexity index is 1010. The summed E-state index contributed by atoms with van der Waals surface area (Å²) in [4.78, 5) is 20.8. The molecule has 170 valence electrons. The van der Waals surface area contributed by atoms with Gasteiger partial charge in [-0.05, 0) is 24.6 Å². The van der Waals surface area contributed by atoms with Gasteiger partial charge in [0, 0.05) is 63.5 Å². The van der Waals surface area contributed by atoms with Crippen molar-refractivity contribution in [2.24, 2.45) is 0 Å². The van der Waals surface area contributed by atoms with Crippen LogP contribution in [-0.4, -0.2) is 78.6 Å². The van der Waals surface area contributed by atoms with E-state index in [1.807, 2.05) is 12.3 Å². The summed E-state index contributed by atoms with van der Waals surface area (Å²) in [6.07, 6.45) is 6.39. The predicted octanol–water partition coefficient (Wildman–Crippen LogP) is 1.83. The van der Waals surface area contributed by atoms with Gasteiger partial charge in [-0.25, -0.2) is 15.0 Å². The largest absolute Gasteiger partial charge is 0.380 e. The van der Waals surface area contributed by atoms with Crippen LogP contribution in [0, 0.1) is 0 Å². The van der Waals surface area contributed by atoms with Gasteiger partial charge in [0.2, 0.25) is 0 Å². The first-order valence-corrected chi connectivity index (χ1v) is 10.8. The van der Waals surface area contributed by atoms with Crippen molar-refractivity contribution in [2.75, 3.05) is 62.8 Å². The van der Waals surface area contributed by atoms with E-state index in [1.54, 1.807) is 12.4 Å². The lowest BCUT2D eigenvalue weighted by molar-refractivity contribution is 0.0372. The van der Waals surface area contributed by atoms with Crippen LogP contribution >= 0.6 is 13.5 Å². The molecule has 2 aliphatic rings. The Morgan fingerprint density at radius 1 is 1.09 bits per heavy atom. The van der Waals surface area contributed by atoms with Crippen molar-refractivity contribution in [1.82, 2.24) is 25.3 Å². The van der Waals surface area contributed by atoms with Crippen LogP contribution in [0.25, 0.3) is 22.3 Å². The Hall–Kier alpha value is -2.53. The number of hydrogen-bond acceptors (Lipinski definition) is 9.